The molecule has 1 fully saturated rings. The molecule has 172 valence electrons. The molecule has 0 unspecified atom stereocenters. The van der Waals surface area contributed by atoms with E-state index in [2.05, 4.69) is 10.2 Å². The van der Waals surface area contributed by atoms with E-state index in [9.17, 15) is 9.59 Å². The van der Waals surface area contributed by atoms with Crippen molar-refractivity contribution in [3.8, 4) is 11.3 Å². The van der Waals surface area contributed by atoms with Crippen LogP contribution in [0.1, 0.15) is 23.3 Å². The highest BCUT2D eigenvalue weighted by atomic mass is 16.3. The highest BCUT2D eigenvalue weighted by Crippen LogP contribution is 2.23. The largest absolute Gasteiger partial charge is 0.461 e. The summed E-state index contributed by atoms with van der Waals surface area (Å²) in [5.74, 6) is 1.77. The first-order valence-corrected chi connectivity index (χ1v) is 11.5. The number of amides is 2. The molecule has 0 spiro atoms. The number of carbonyl (C=O) groups excluding carboxylic acids is 2. The number of anilines is 1. The Hall–Kier alpha value is -3.38. The van der Waals surface area contributed by atoms with Gasteiger partial charge in [-0.3, -0.25) is 14.5 Å². The Morgan fingerprint density at radius 3 is 2.27 bits per heavy atom. The second kappa shape index (κ2) is 10.5. The van der Waals surface area contributed by atoms with Gasteiger partial charge in [0.1, 0.15) is 11.5 Å². The van der Waals surface area contributed by atoms with Gasteiger partial charge in [-0.15, -0.1) is 0 Å². The maximum absolute atomic E-state index is 12.7. The molecule has 33 heavy (non-hydrogen) atoms. The Morgan fingerprint density at radius 1 is 0.879 bits per heavy atom. The molecule has 3 aromatic rings. The van der Waals surface area contributed by atoms with E-state index in [1.165, 1.54) is 0 Å². The van der Waals surface area contributed by atoms with Crippen LogP contribution in [0.25, 0.3) is 11.3 Å². The van der Waals surface area contributed by atoms with E-state index in [4.69, 9.17) is 4.42 Å². The van der Waals surface area contributed by atoms with Crippen LogP contribution in [-0.2, 0) is 16.0 Å². The quantitative estimate of drug-likeness (QED) is 0.590. The molecule has 0 atom stereocenters. The number of nitrogens with one attached hydrogen (secondary N) is 1. The van der Waals surface area contributed by atoms with Crippen molar-refractivity contribution in [1.82, 2.24) is 9.80 Å². The number of benzene rings is 2. The summed E-state index contributed by atoms with van der Waals surface area (Å²) in [7, 11) is 0. The van der Waals surface area contributed by atoms with Gasteiger partial charge in [-0.2, -0.15) is 0 Å². The van der Waals surface area contributed by atoms with Crippen molar-refractivity contribution < 1.29 is 14.0 Å². The molecule has 2 heterocycles. The van der Waals surface area contributed by atoms with Crippen LogP contribution in [0.15, 0.2) is 65.1 Å². The molecule has 2 amide bonds. The van der Waals surface area contributed by atoms with Gasteiger partial charge in [0.2, 0.25) is 11.8 Å². The van der Waals surface area contributed by atoms with Crippen LogP contribution in [-0.4, -0.2) is 54.3 Å². The number of hydrogen-bond donors (Lipinski definition) is 1. The Morgan fingerprint density at radius 2 is 1.58 bits per heavy atom. The summed E-state index contributed by atoms with van der Waals surface area (Å²) in [5, 5.41) is 3.04. The number of para-hydroxylation sites is 1. The lowest BCUT2D eigenvalue weighted by Crippen LogP contribution is -2.50. The van der Waals surface area contributed by atoms with Gasteiger partial charge in [-0.05, 0) is 37.1 Å². The predicted molar refractivity (Wildman–Crippen MR) is 130 cm³/mol. The third-order valence-electron chi connectivity index (χ3n) is 6.14. The number of carbonyl (C=O) groups is 2. The van der Waals surface area contributed by atoms with Crippen LogP contribution in [0.5, 0.6) is 0 Å². The summed E-state index contributed by atoms with van der Waals surface area (Å²) in [5.41, 5.74) is 4.05. The fourth-order valence-corrected chi connectivity index (χ4v) is 4.21. The molecule has 4 rings (SSSR count). The van der Waals surface area contributed by atoms with Gasteiger partial charge in [-0.25, -0.2) is 0 Å². The average Bonchev–Trinajstić information content (AvgIpc) is 3.30. The van der Waals surface area contributed by atoms with E-state index in [0.717, 1.165) is 33.9 Å². The molecule has 0 aliphatic carbocycles. The van der Waals surface area contributed by atoms with E-state index < -0.39 is 0 Å². The van der Waals surface area contributed by atoms with Crippen molar-refractivity contribution >= 4 is 17.5 Å². The van der Waals surface area contributed by atoms with E-state index in [0.29, 0.717) is 45.6 Å². The Kier molecular flexibility index (Phi) is 7.25. The number of nitrogens with zero attached hydrogens (tertiary/aromatic N) is 2. The fourth-order valence-electron chi connectivity index (χ4n) is 4.21. The highest BCUT2D eigenvalue weighted by Gasteiger charge is 2.23. The standard InChI is InChI=1S/C27H31N3O3/c1-20-7-6-8-21(2)27(20)28-25(31)19-29-15-17-30(18-16-29)26(32)14-12-23-11-13-24(33-23)22-9-4-3-5-10-22/h3-11,13H,12,14-19H2,1-2H3,(H,28,31). The lowest BCUT2D eigenvalue weighted by Gasteiger charge is -2.34. The first-order valence-electron chi connectivity index (χ1n) is 11.5. The average molecular weight is 446 g/mol. The third kappa shape index (κ3) is 5.90. The van der Waals surface area contributed by atoms with Crippen molar-refractivity contribution in [2.24, 2.45) is 0 Å². The first kappa shape index (κ1) is 22.8. The zero-order valence-corrected chi connectivity index (χ0v) is 19.3. The normalized spacial score (nSPS) is 14.3. The maximum Gasteiger partial charge on any atom is 0.238 e. The van der Waals surface area contributed by atoms with Crippen molar-refractivity contribution in [3.05, 3.63) is 77.6 Å². The molecule has 2 aromatic carbocycles. The van der Waals surface area contributed by atoms with E-state index in [-0.39, 0.29) is 11.8 Å². The number of hydrogen-bond acceptors (Lipinski definition) is 4. The molecule has 1 aromatic heterocycles. The van der Waals surface area contributed by atoms with Gasteiger partial charge in [-0.1, -0.05) is 48.5 Å². The minimum absolute atomic E-state index is 0.0146. The molecule has 1 N–H and O–H groups in total. The van der Waals surface area contributed by atoms with Crippen molar-refractivity contribution in [2.75, 3.05) is 38.0 Å². The highest BCUT2D eigenvalue weighted by molar-refractivity contribution is 5.93. The molecule has 6 nitrogen and oxygen atoms in total. The van der Waals surface area contributed by atoms with Gasteiger partial charge in [0, 0.05) is 50.3 Å². The Bertz CT molecular complexity index is 1080. The molecule has 0 saturated carbocycles. The molecule has 0 radical (unpaired) electrons. The van der Waals surface area contributed by atoms with E-state index in [1.807, 2.05) is 79.4 Å². The molecule has 1 aliphatic heterocycles. The lowest BCUT2D eigenvalue weighted by molar-refractivity contribution is -0.133. The zero-order chi connectivity index (χ0) is 23.2. The molecule has 6 heteroatoms. The summed E-state index contributed by atoms with van der Waals surface area (Å²) in [6, 6.07) is 19.8. The lowest BCUT2D eigenvalue weighted by atomic mass is 10.1. The second-order valence-corrected chi connectivity index (χ2v) is 8.60. The van der Waals surface area contributed by atoms with Crippen molar-refractivity contribution in [2.45, 2.75) is 26.7 Å². The minimum atomic E-state index is -0.0146. The smallest absolute Gasteiger partial charge is 0.238 e. The summed E-state index contributed by atoms with van der Waals surface area (Å²) >= 11 is 0. The molecule has 0 bridgehead atoms. The van der Waals surface area contributed by atoms with Crippen LogP contribution in [0.4, 0.5) is 5.69 Å². The third-order valence-corrected chi connectivity index (χ3v) is 6.14. The Labute approximate surface area is 195 Å². The topological polar surface area (TPSA) is 65.8 Å². The zero-order valence-electron chi connectivity index (χ0n) is 19.3. The van der Waals surface area contributed by atoms with Crippen molar-refractivity contribution in [1.29, 1.82) is 0 Å². The molecular weight excluding hydrogens is 414 g/mol. The minimum Gasteiger partial charge on any atom is -0.461 e. The predicted octanol–water partition coefficient (Wildman–Crippen LogP) is 4.28. The number of furan rings is 1. The summed E-state index contributed by atoms with van der Waals surface area (Å²) in [6.45, 7) is 7.02. The van der Waals surface area contributed by atoms with Crippen LogP contribution in [0.2, 0.25) is 0 Å². The summed E-state index contributed by atoms with van der Waals surface area (Å²) < 4.78 is 5.91. The summed E-state index contributed by atoms with van der Waals surface area (Å²) in [6.07, 6.45) is 1.01. The van der Waals surface area contributed by atoms with Crippen molar-refractivity contribution in [3.63, 3.8) is 0 Å². The first-order chi connectivity index (χ1) is 16.0. The molecule has 1 aliphatic rings. The van der Waals surface area contributed by atoms with Gasteiger partial charge < -0.3 is 14.6 Å². The molecular formula is C27H31N3O3. The van der Waals surface area contributed by atoms with Gasteiger partial charge in [0.25, 0.3) is 0 Å². The fraction of sp³-hybridized carbons (Fsp3) is 0.333. The number of aryl methyl sites for hydroxylation is 3. The van der Waals surface area contributed by atoms with Gasteiger partial charge in [0.05, 0.1) is 6.54 Å². The van der Waals surface area contributed by atoms with Gasteiger partial charge >= 0.3 is 0 Å². The SMILES string of the molecule is Cc1cccc(C)c1NC(=O)CN1CCN(C(=O)CCc2ccc(-c3ccccc3)o2)CC1. The van der Waals surface area contributed by atoms with E-state index in [1.54, 1.807) is 0 Å². The Balaban J connectivity index is 1.21. The van der Waals surface area contributed by atoms with Crippen LogP contribution in [0, 0.1) is 13.8 Å². The maximum atomic E-state index is 12.7. The van der Waals surface area contributed by atoms with Gasteiger partial charge in [0.15, 0.2) is 0 Å². The molecule has 1 saturated heterocycles. The number of piperazine rings is 1. The summed E-state index contributed by atoms with van der Waals surface area (Å²) in [4.78, 5) is 29.2. The van der Waals surface area contributed by atoms with Crippen LogP contribution in [0.3, 0.4) is 0 Å². The number of rotatable bonds is 7. The monoisotopic (exact) mass is 445 g/mol. The van der Waals surface area contributed by atoms with E-state index >= 15 is 0 Å². The second-order valence-electron chi connectivity index (χ2n) is 8.60. The van der Waals surface area contributed by atoms with Crippen LogP contribution < -0.4 is 5.32 Å². The van der Waals surface area contributed by atoms with Crippen LogP contribution >= 0.6 is 0 Å².